The van der Waals surface area contributed by atoms with Gasteiger partial charge in [-0.25, -0.2) is 4.79 Å². The van der Waals surface area contributed by atoms with E-state index in [1.165, 1.54) is 0 Å². The van der Waals surface area contributed by atoms with Crippen LogP contribution < -0.4 is 0 Å². The third kappa shape index (κ3) is 1.20. The van der Waals surface area contributed by atoms with Gasteiger partial charge in [0.25, 0.3) is 0 Å². The van der Waals surface area contributed by atoms with Crippen LogP contribution in [0.2, 0.25) is 0 Å². The van der Waals surface area contributed by atoms with E-state index in [-0.39, 0.29) is 5.97 Å². The Labute approximate surface area is 47.6 Å². The summed E-state index contributed by atoms with van der Waals surface area (Å²) in [4.78, 5) is 10.4. The summed E-state index contributed by atoms with van der Waals surface area (Å²) in [6.07, 6.45) is 0.451. The molecule has 0 aliphatic carbocycles. The molecule has 0 aromatic carbocycles. The van der Waals surface area contributed by atoms with Crippen molar-refractivity contribution < 1.29 is 14.3 Å². The molecule has 1 aliphatic rings. The number of epoxide rings is 1. The van der Waals surface area contributed by atoms with Gasteiger partial charge in [0, 0.05) is 0 Å². The molecule has 1 rings (SSSR count). The van der Waals surface area contributed by atoms with Gasteiger partial charge in [-0.15, -0.1) is 0 Å². The van der Waals surface area contributed by atoms with Gasteiger partial charge in [0.15, 0.2) is 0 Å². The lowest BCUT2D eigenvalue weighted by atomic mass is 10.5. The molecule has 1 aliphatic heterocycles. The highest BCUT2D eigenvalue weighted by Gasteiger charge is 2.34. The van der Waals surface area contributed by atoms with Gasteiger partial charge in [0.05, 0.1) is 13.2 Å². The van der Waals surface area contributed by atoms with Gasteiger partial charge >= 0.3 is 5.97 Å². The van der Waals surface area contributed by atoms with Crippen LogP contribution in [0.1, 0.15) is 6.92 Å². The Bertz CT molecular complexity index is 95.8. The van der Waals surface area contributed by atoms with Crippen LogP contribution in [0.4, 0.5) is 0 Å². The number of carbonyl (C=O) groups is 1. The van der Waals surface area contributed by atoms with Crippen LogP contribution in [0.15, 0.2) is 0 Å². The Kier molecular flexibility index (Phi) is 1.48. The minimum absolute atomic E-state index is 0.312. The van der Waals surface area contributed by atoms with Crippen LogP contribution in [0.5, 0.6) is 0 Å². The summed E-state index contributed by atoms with van der Waals surface area (Å²) in [7, 11) is 0. The number of hydrogen-bond acceptors (Lipinski definition) is 3. The van der Waals surface area contributed by atoms with Crippen molar-refractivity contribution in [3.63, 3.8) is 0 Å². The Morgan fingerprint density at radius 3 is 3.00 bits per heavy atom. The van der Waals surface area contributed by atoms with Gasteiger partial charge in [0.2, 0.25) is 6.10 Å². The number of rotatable bonds is 2. The molecule has 0 spiro atoms. The average molecular weight is 115 g/mol. The van der Waals surface area contributed by atoms with Crippen LogP contribution in [0.25, 0.3) is 0 Å². The molecule has 1 fully saturated rings. The number of ether oxygens (including phenoxy) is 2. The maximum Gasteiger partial charge on any atom is 0.344 e. The molecule has 1 radical (unpaired) electrons. The highest BCUT2D eigenvalue weighted by molar-refractivity contribution is 5.85. The Hall–Kier alpha value is -0.570. The summed E-state index contributed by atoms with van der Waals surface area (Å²) in [5.74, 6) is -0.312. The minimum Gasteiger partial charge on any atom is -0.464 e. The average Bonchev–Trinajstić information content (AvgIpc) is 2.45. The van der Waals surface area contributed by atoms with Crippen LogP contribution in [-0.4, -0.2) is 19.2 Å². The fourth-order valence-corrected chi connectivity index (χ4v) is 0.366. The van der Waals surface area contributed by atoms with Crippen LogP contribution >= 0.6 is 0 Å². The van der Waals surface area contributed by atoms with Crippen molar-refractivity contribution in [2.45, 2.75) is 6.92 Å². The molecule has 0 saturated carbocycles. The summed E-state index contributed by atoms with van der Waals surface area (Å²) >= 11 is 0. The van der Waals surface area contributed by atoms with Crippen LogP contribution in [0.3, 0.4) is 0 Å². The Morgan fingerprint density at radius 2 is 2.62 bits per heavy atom. The molecule has 3 nitrogen and oxygen atoms in total. The van der Waals surface area contributed by atoms with Crippen molar-refractivity contribution in [3.05, 3.63) is 6.10 Å². The third-order valence-electron chi connectivity index (χ3n) is 0.792. The van der Waals surface area contributed by atoms with E-state index >= 15 is 0 Å². The zero-order chi connectivity index (χ0) is 5.98. The number of esters is 1. The summed E-state index contributed by atoms with van der Waals surface area (Å²) < 4.78 is 9.13. The second-order valence-electron chi connectivity index (χ2n) is 1.43. The van der Waals surface area contributed by atoms with E-state index in [4.69, 9.17) is 0 Å². The van der Waals surface area contributed by atoms with E-state index < -0.39 is 0 Å². The molecule has 1 heterocycles. The molecule has 3 heteroatoms. The predicted octanol–water partition coefficient (Wildman–Crippen LogP) is 0.112. The van der Waals surface area contributed by atoms with E-state index in [2.05, 4.69) is 9.47 Å². The highest BCUT2D eigenvalue weighted by Crippen LogP contribution is 2.19. The van der Waals surface area contributed by atoms with Gasteiger partial charge in [-0.3, -0.25) is 0 Å². The fourth-order valence-electron chi connectivity index (χ4n) is 0.366. The first-order chi connectivity index (χ1) is 3.84. The van der Waals surface area contributed by atoms with Crippen molar-refractivity contribution >= 4 is 5.97 Å². The highest BCUT2D eigenvalue weighted by atomic mass is 16.6. The first-order valence-electron chi connectivity index (χ1n) is 2.50. The van der Waals surface area contributed by atoms with Crippen molar-refractivity contribution in [2.24, 2.45) is 0 Å². The summed E-state index contributed by atoms with van der Waals surface area (Å²) in [6.45, 7) is 2.64. The summed E-state index contributed by atoms with van der Waals surface area (Å²) in [6, 6.07) is 0. The summed E-state index contributed by atoms with van der Waals surface area (Å²) in [5, 5.41) is 0. The van der Waals surface area contributed by atoms with Gasteiger partial charge in [0.1, 0.15) is 0 Å². The standard InChI is InChI=1S/C5H7O3/c1-2-7-5(6)4-3-8-4/h2-3H2,1H3. The van der Waals surface area contributed by atoms with Gasteiger partial charge < -0.3 is 9.47 Å². The Balaban J connectivity index is 2.13. The van der Waals surface area contributed by atoms with Gasteiger partial charge in [-0.1, -0.05) is 0 Å². The van der Waals surface area contributed by atoms with E-state index in [1.807, 2.05) is 0 Å². The SMILES string of the molecule is CCOC(=O)[C]1CO1. The predicted molar refractivity (Wildman–Crippen MR) is 25.8 cm³/mol. The van der Waals surface area contributed by atoms with Crippen molar-refractivity contribution in [1.82, 2.24) is 0 Å². The molecule has 1 saturated heterocycles. The second-order valence-corrected chi connectivity index (χ2v) is 1.43. The molecule has 45 valence electrons. The zero-order valence-electron chi connectivity index (χ0n) is 4.64. The quantitative estimate of drug-likeness (QED) is 0.378. The van der Waals surface area contributed by atoms with Crippen LogP contribution in [-0.2, 0) is 14.3 Å². The minimum atomic E-state index is -0.312. The first kappa shape index (κ1) is 5.56. The molecule has 0 amide bonds. The van der Waals surface area contributed by atoms with Crippen molar-refractivity contribution in [3.8, 4) is 0 Å². The monoisotopic (exact) mass is 115 g/mol. The molecule has 0 aromatic rings. The zero-order valence-corrected chi connectivity index (χ0v) is 4.64. The maximum absolute atomic E-state index is 10.4. The van der Waals surface area contributed by atoms with Gasteiger partial charge in [-0.05, 0) is 6.92 Å². The molecular formula is C5H7O3. The van der Waals surface area contributed by atoms with E-state index in [1.54, 1.807) is 6.92 Å². The topological polar surface area (TPSA) is 38.8 Å². The second kappa shape index (κ2) is 2.13. The van der Waals surface area contributed by atoms with Crippen molar-refractivity contribution in [1.29, 1.82) is 0 Å². The lowest BCUT2D eigenvalue weighted by Gasteiger charge is -1.92. The largest absolute Gasteiger partial charge is 0.464 e. The molecule has 0 unspecified atom stereocenters. The first-order valence-corrected chi connectivity index (χ1v) is 2.50. The lowest BCUT2D eigenvalue weighted by Crippen LogP contribution is -2.04. The van der Waals surface area contributed by atoms with Crippen LogP contribution in [0, 0.1) is 6.10 Å². The van der Waals surface area contributed by atoms with Crippen molar-refractivity contribution in [2.75, 3.05) is 13.2 Å². The lowest BCUT2D eigenvalue weighted by molar-refractivity contribution is -0.140. The maximum atomic E-state index is 10.4. The molecule has 0 bridgehead atoms. The summed E-state index contributed by atoms with van der Waals surface area (Å²) in [5.41, 5.74) is 0. The normalized spacial score (nSPS) is 18.1. The number of hydrogen-bond donors (Lipinski definition) is 0. The van der Waals surface area contributed by atoms with E-state index in [0.717, 1.165) is 0 Å². The smallest absolute Gasteiger partial charge is 0.344 e. The van der Waals surface area contributed by atoms with Gasteiger partial charge in [-0.2, -0.15) is 0 Å². The molecule has 8 heavy (non-hydrogen) atoms. The molecule has 0 N–H and O–H groups in total. The van der Waals surface area contributed by atoms with E-state index in [9.17, 15) is 4.79 Å². The molecular weight excluding hydrogens is 108 g/mol. The third-order valence-corrected chi connectivity index (χ3v) is 0.792. The molecule has 0 atom stereocenters. The molecule has 0 aromatic heterocycles. The number of carbonyl (C=O) groups excluding carboxylic acids is 1. The van der Waals surface area contributed by atoms with E-state index in [0.29, 0.717) is 19.3 Å². The Morgan fingerprint density at radius 1 is 2.00 bits per heavy atom. The fraction of sp³-hybridized carbons (Fsp3) is 0.600.